The molecular weight excluding hydrogens is 418 g/mol. The molecule has 0 aliphatic heterocycles. The van der Waals surface area contributed by atoms with Gasteiger partial charge in [0.2, 0.25) is 0 Å². The monoisotopic (exact) mass is 440 g/mol. The van der Waals surface area contributed by atoms with E-state index in [2.05, 4.69) is 92.7 Å². The van der Waals surface area contributed by atoms with E-state index in [1.165, 1.54) is 28.7 Å². The average molecular weight is 442 g/mol. The van der Waals surface area contributed by atoms with Crippen molar-refractivity contribution in [1.82, 2.24) is 0 Å². The molecule has 0 fully saturated rings. The van der Waals surface area contributed by atoms with E-state index in [4.69, 9.17) is 0 Å². The van der Waals surface area contributed by atoms with Crippen LogP contribution in [-0.2, 0) is 21.7 Å². The molecule has 0 N–H and O–H groups in total. The van der Waals surface area contributed by atoms with Gasteiger partial charge >= 0.3 is 21.7 Å². The molecule has 0 nitrogen and oxygen atoms in total. The predicted octanol–water partition coefficient (Wildman–Crippen LogP) is -2.89. The standard InChI is InChI=1S/C22H23.3ClH.Ti/c1-3-17(2)20-15-10-16-21(20)22(18-11-6-4-7-12-18)19-13-8-5-9-14-19;;;;/h4-17,22H,3H2,1-2H3;3*1H;/q-1;;;;+4/p-3. The van der Waals surface area contributed by atoms with Crippen molar-refractivity contribution >= 4 is 0 Å². The number of rotatable bonds is 5. The first-order valence-corrected chi connectivity index (χ1v) is 8.16. The molecule has 0 aromatic heterocycles. The Morgan fingerprint density at radius 3 is 1.62 bits per heavy atom. The van der Waals surface area contributed by atoms with Gasteiger partial charge in [0.1, 0.15) is 0 Å². The molecule has 0 aliphatic carbocycles. The van der Waals surface area contributed by atoms with Crippen LogP contribution in [0.15, 0.2) is 78.9 Å². The van der Waals surface area contributed by atoms with Gasteiger partial charge in [-0.05, 0) is 23.0 Å². The molecule has 1 atom stereocenters. The summed E-state index contributed by atoms with van der Waals surface area (Å²) in [5.41, 5.74) is 5.67. The van der Waals surface area contributed by atoms with Gasteiger partial charge in [-0.3, -0.25) is 0 Å². The third-order valence-electron chi connectivity index (χ3n) is 4.61. The minimum Gasteiger partial charge on any atom is -1.00 e. The number of halogens is 3. The van der Waals surface area contributed by atoms with Crippen molar-refractivity contribution in [3.8, 4) is 0 Å². The van der Waals surface area contributed by atoms with Crippen LogP contribution < -0.4 is 37.2 Å². The first kappa shape index (κ1) is 27.6. The SMILES string of the molecule is CCC(C)c1ccc[c-]1C(c1ccccc1)c1ccccc1.[Cl-].[Cl-].[Cl-].[Ti+4]. The molecule has 26 heavy (non-hydrogen) atoms. The summed E-state index contributed by atoms with van der Waals surface area (Å²) in [6.07, 6.45) is 1.17. The van der Waals surface area contributed by atoms with Gasteiger partial charge in [-0.1, -0.05) is 80.9 Å². The topological polar surface area (TPSA) is 0 Å². The van der Waals surface area contributed by atoms with Gasteiger partial charge in [0.05, 0.1) is 0 Å². The second kappa shape index (κ2) is 13.5. The maximum Gasteiger partial charge on any atom is 4.00 e. The van der Waals surface area contributed by atoms with Crippen LogP contribution in [0, 0.1) is 0 Å². The second-order valence-corrected chi connectivity index (χ2v) is 6.00. The van der Waals surface area contributed by atoms with Crippen molar-refractivity contribution in [2.75, 3.05) is 0 Å². The van der Waals surface area contributed by atoms with Gasteiger partial charge in [0, 0.05) is 0 Å². The van der Waals surface area contributed by atoms with E-state index in [-0.39, 0.29) is 58.9 Å². The Morgan fingerprint density at radius 2 is 1.19 bits per heavy atom. The van der Waals surface area contributed by atoms with Crippen LogP contribution >= 0.6 is 0 Å². The Labute approximate surface area is 191 Å². The fourth-order valence-corrected chi connectivity index (χ4v) is 3.22. The second-order valence-electron chi connectivity index (χ2n) is 6.00. The fourth-order valence-electron chi connectivity index (χ4n) is 3.22. The zero-order chi connectivity index (χ0) is 15.4. The summed E-state index contributed by atoms with van der Waals surface area (Å²) < 4.78 is 0. The van der Waals surface area contributed by atoms with E-state index in [1.807, 2.05) is 0 Å². The maximum absolute atomic E-state index is 2.33. The molecule has 3 rings (SSSR count). The van der Waals surface area contributed by atoms with Gasteiger partial charge in [-0.15, -0.1) is 5.56 Å². The van der Waals surface area contributed by atoms with Crippen LogP contribution in [0.25, 0.3) is 0 Å². The van der Waals surface area contributed by atoms with Gasteiger partial charge in [-0.2, -0.15) is 11.6 Å². The van der Waals surface area contributed by atoms with Gasteiger partial charge in [0.25, 0.3) is 0 Å². The predicted molar refractivity (Wildman–Crippen MR) is 94.6 cm³/mol. The average Bonchev–Trinajstić information content (AvgIpc) is 3.06. The maximum atomic E-state index is 2.33. The van der Waals surface area contributed by atoms with Crippen LogP contribution in [-0.4, -0.2) is 0 Å². The Morgan fingerprint density at radius 1 is 0.731 bits per heavy atom. The minimum atomic E-state index is 0. The molecule has 0 heterocycles. The molecule has 0 amide bonds. The third kappa shape index (κ3) is 6.22. The summed E-state index contributed by atoms with van der Waals surface area (Å²) in [5, 5.41) is 0. The summed E-state index contributed by atoms with van der Waals surface area (Å²) in [6.45, 7) is 4.59. The minimum absolute atomic E-state index is 0. The van der Waals surface area contributed by atoms with E-state index in [0.717, 1.165) is 0 Å². The van der Waals surface area contributed by atoms with Gasteiger partial charge < -0.3 is 37.2 Å². The van der Waals surface area contributed by atoms with E-state index < -0.39 is 0 Å². The fraction of sp³-hybridized carbons (Fsp3) is 0.227. The summed E-state index contributed by atoms with van der Waals surface area (Å²) in [5.74, 6) is 0.918. The quantitative estimate of drug-likeness (QED) is 0.295. The molecule has 3 aromatic rings. The first-order chi connectivity index (χ1) is 10.8. The van der Waals surface area contributed by atoms with Crippen LogP contribution in [0.3, 0.4) is 0 Å². The molecule has 136 valence electrons. The molecule has 0 radical (unpaired) electrons. The number of hydrogen-bond donors (Lipinski definition) is 0. The van der Waals surface area contributed by atoms with E-state index in [0.29, 0.717) is 11.8 Å². The summed E-state index contributed by atoms with van der Waals surface area (Å²) in [7, 11) is 0. The van der Waals surface area contributed by atoms with Crippen LogP contribution in [0.1, 0.15) is 54.4 Å². The van der Waals surface area contributed by atoms with Crippen molar-refractivity contribution in [2.45, 2.75) is 32.1 Å². The Hall–Kier alpha value is -0.626. The zero-order valence-electron chi connectivity index (χ0n) is 15.0. The zero-order valence-corrected chi connectivity index (χ0v) is 18.8. The first-order valence-electron chi connectivity index (χ1n) is 8.16. The smallest absolute Gasteiger partial charge is 1.00 e. The largest absolute Gasteiger partial charge is 4.00 e. The van der Waals surface area contributed by atoms with Crippen molar-refractivity contribution in [3.05, 3.63) is 101 Å². The van der Waals surface area contributed by atoms with E-state index >= 15 is 0 Å². The Balaban J connectivity index is 0. The molecule has 3 aromatic carbocycles. The Kier molecular flexibility index (Phi) is 14.4. The molecule has 0 spiro atoms. The van der Waals surface area contributed by atoms with Crippen LogP contribution in [0.4, 0.5) is 0 Å². The molecule has 4 heteroatoms. The van der Waals surface area contributed by atoms with Crippen molar-refractivity contribution in [2.24, 2.45) is 0 Å². The normalized spacial score (nSPS) is 10.6. The van der Waals surface area contributed by atoms with Crippen LogP contribution in [0.5, 0.6) is 0 Å². The molecule has 0 aliphatic rings. The van der Waals surface area contributed by atoms with E-state index in [1.54, 1.807) is 0 Å². The summed E-state index contributed by atoms with van der Waals surface area (Å²) >= 11 is 0. The molecule has 0 saturated heterocycles. The van der Waals surface area contributed by atoms with E-state index in [9.17, 15) is 0 Å². The van der Waals surface area contributed by atoms with Crippen LogP contribution in [0.2, 0.25) is 0 Å². The summed E-state index contributed by atoms with van der Waals surface area (Å²) in [6, 6.07) is 28.5. The van der Waals surface area contributed by atoms with Crippen molar-refractivity contribution in [3.63, 3.8) is 0 Å². The molecular formula is C22H23Cl3Ti. The molecule has 1 unspecified atom stereocenters. The van der Waals surface area contributed by atoms with Gasteiger partial charge in [0.15, 0.2) is 0 Å². The van der Waals surface area contributed by atoms with Gasteiger partial charge in [-0.25, -0.2) is 12.1 Å². The number of benzene rings is 2. The summed E-state index contributed by atoms with van der Waals surface area (Å²) in [4.78, 5) is 0. The van der Waals surface area contributed by atoms with Crippen molar-refractivity contribution < 1.29 is 58.9 Å². The molecule has 0 saturated carbocycles. The number of hydrogen-bond acceptors (Lipinski definition) is 0. The third-order valence-corrected chi connectivity index (χ3v) is 4.61. The molecule has 0 bridgehead atoms. The Bertz CT molecular complexity index is 671. The van der Waals surface area contributed by atoms with Crippen molar-refractivity contribution in [1.29, 1.82) is 0 Å².